The highest BCUT2D eigenvalue weighted by atomic mass is 16.7. The molecule has 0 aliphatic heterocycles. The Bertz CT molecular complexity index is 1140. The minimum Gasteiger partial charge on any atom is -0.466 e. The first kappa shape index (κ1) is 77.2. The van der Waals surface area contributed by atoms with E-state index in [4.69, 9.17) is 33.2 Å². The van der Waals surface area contributed by atoms with Crippen molar-refractivity contribution in [3.05, 3.63) is 0 Å². The van der Waals surface area contributed by atoms with Gasteiger partial charge in [-0.1, -0.05) is 240 Å². The number of ether oxygens (including phenoxy) is 7. The van der Waals surface area contributed by atoms with E-state index in [-0.39, 0.29) is 36.6 Å². The maximum atomic E-state index is 12.9. The monoisotopic (exact) mass is 1120 g/mol. The van der Waals surface area contributed by atoms with Gasteiger partial charge in [0.25, 0.3) is 0 Å². The summed E-state index contributed by atoms with van der Waals surface area (Å²) in [6, 6.07) is 0. The highest BCUT2D eigenvalue weighted by molar-refractivity contribution is 5.70. The van der Waals surface area contributed by atoms with Gasteiger partial charge in [-0.2, -0.15) is 0 Å². The number of hydrogen-bond donors (Lipinski definition) is 0. The van der Waals surface area contributed by atoms with E-state index in [0.29, 0.717) is 71.7 Å². The third-order valence-electron chi connectivity index (χ3n) is 15.5. The van der Waals surface area contributed by atoms with Crippen LogP contribution in [0.3, 0.4) is 0 Å². The van der Waals surface area contributed by atoms with E-state index in [1.54, 1.807) is 0 Å². The van der Waals surface area contributed by atoms with Gasteiger partial charge in [-0.25, -0.2) is 0 Å². The molecule has 11 heteroatoms. The van der Waals surface area contributed by atoms with Crippen molar-refractivity contribution >= 4 is 17.9 Å². The minimum absolute atomic E-state index is 0.0256. The number of unbranched alkanes of at least 4 members (excludes halogenated alkanes) is 34. The molecule has 0 unspecified atom stereocenters. The number of rotatable bonds is 66. The first-order chi connectivity index (χ1) is 38.8. The largest absolute Gasteiger partial charge is 0.466 e. The Balaban J connectivity index is 4.56. The lowest BCUT2D eigenvalue weighted by molar-refractivity contribution is -0.159. The van der Waals surface area contributed by atoms with Gasteiger partial charge in [-0.15, -0.1) is 0 Å². The zero-order chi connectivity index (χ0) is 57.6. The predicted molar refractivity (Wildman–Crippen MR) is 331 cm³/mol. The van der Waals surface area contributed by atoms with Gasteiger partial charge in [0.2, 0.25) is 0 Å². The van der Waals surface area contributed by atoms with Crippen LogP contribution in [0.4, 0.5) is 0 Å². The molecule has 0 saturated heterocycles. The fourth-order valence-corrected chi connectivity index (χ4v) is 10.0. The number of hydrogen-bond acceptors (Lipinski definition) is 11. The normalized spacial score (nSPS) is 11.8. The van der Waals surface area contributed by atoms with Gasteiger partial charge in [0.15, 0.2) is 12.6 Å². The van der Waals surface area contributed by atoms with E-state index in [2.05, 4.69) is 46.6 Å². The van der Waals surface area contributed by atoms with Crippen LogP contribution in [-0.2, 0) is 47.5 Å². The summed E-state index contributed by atoms with van der Waals surface area (Å²) in [5.74, 6) is -0.381. The van der Waals surface area contributed by atoms with E-state index < -0.39 is 0 Å². The van der Waals surface area contributed by atoms with Gasteiger partial charge in [-0.3, -0.25) is 14.4 Å². The first-order valence-electron chi connectivity index (χ1n) is 34.4. The van der Waals surface area contributed by atoms with E-state index in [1.807, 2.05) is 0 Å². The Morgan fingerprint density at radius 3 is 0.886 bits per heavy atom. The fourth-order valence-electron chi connectivity index (χ4n) is 10.0. The Labute approximate surface area is 489 Å². The molecule has 0 atom stereocenters. The number of esters is 3. The number of carbonyl (C=O) groups is 3. The van der Waals surface area contributed by atoms with Crippen molar-refractivity contribution in [1.82, 2.24) is 4.90 Å². The second kappa shape index (κ2) is 63.8. The molecule has 0 saturated carbocycles. The molecule has 0 aromatic heterocycles. The summed E-state index contributed by atoms with van der Waals surface area (Å²) in [6.45, 7) is 16.7. The first-order valence-corrected chi connectivity index (χ1v) is 34.4. The lowest BCUT2D eigenvalue weighted by Crippen LogP contribution is -2.22. The summed E-state index contributed by atoms with van der Waals surface area (Å²) in [6.07, 6.45) is 51.6. The van der Waals surface area contributed by atoms with Gasteiger partial charge < -0.3 is 38.1 Å². The third kappa shape index (κ3) is 59.2. The van der Waals surface area contributed by atoms with Gasteiger partial charge >= 0.3 is 17.9 Å². The standard InChI is InChI=1S/C68H133NO10/c1-7-12-16-20-26-36-44-59-75-67(76-60-45-37-27-21-17-13-8-2)54-52-64(70)73-57-42-34-30-24-32-40-49-63(79-66(72)51-48-56-69(6)11-5)50-41-33-25-31-35-43-58-74-65(71)53-55-68(77-61-46-38-28-22-18-14-9-3)78-62-47-39-29-23-19-15-10-4/h63,67-68H,7-62H2,1-6H3. The number of nitrogens with zero attached hydrogens (tertiary/aromatic N) is 1. The third-order valence-corrected chi connectivity index (χ3v) is 15.5. The van der Waals surface area contributed by atoms with Crippen molar-refractivity contribution in [1.29, 1.82) is 0 Å². The molecule has 0 amide bonds. The molecule has 0 heterocycles. The lowest BCUT2D eigenvalue weighted by atomic mass is 10.0. The summed E-state index contributed by atoms with van der Waals surface area (Å²) in [5, 5.41) is 0. The van der Waals surface area contributed by atoms with E-state index in [0.717, 1.165) is 135 Å². The lowest BCUT2D eigenvalue weighted by Gasteiger charge is -2.19. The molecule has 0 N–H and O–H groups in total. The van der Waals surface area contributed by atoms with Gasteiger partial charge in [-0.05, 0) is 90.8 Å². The highest BCUT2D eigenvalue weighted by Gasteiger charge is 2.17. The average molecular weight is 1120 g/mol. The van der Waals surface area contributed by atoms with E-state index in [9.17, 15) is 14.4 Å². The zero-order valence-corrected chi connectivity index (χ0v) is 53.4. The van der Waals surface area contributed by atoms with Gasteiger partial charge in [0.1, 0.15) is 6.10 Å². The van der Waals surface area contributed by atoms with Crippen molar-refractivity contribution in [2.45, 2.75) is 362 Å². The molecule has 11 nitrogen and oxygen atoms in total. The van der Waals surface area contributed by atoms with Crippen LogP contribution in [0.1, 0.15) is 343 Å². The molecule has 0 spiro atoms. The number of carbonyl (C=O) groups excluding carboxylic acids is 3. The Hall–Kier alpha value is -1.79. The molecule has 79 heavy (non-hydrogen) atoms. The fraction of sp³-hybridized carbons (Fsp3) is 0.956. The highest BCUT2D eigenvalue weighted by Crippen LogP contribution is 2.20. The molecule has 470 valence electrons. The van der Waals surface area contributed by atoms with Crippen molar-refractivity contribution in [3.63, 3.8) is 0 Å². The summed E-state index contributed by atoms with van der Waals surface area (Å²) in [4.78, 5) is 40.5. The van der Waals surface area contributed by atoms with Crippen LogP contribution >= 0.6 is 0 Å². The molecule has 0 aliphatic carbocycles. The van der Waals surface area contributed by atoms with Gasteiger partial charge in [0.05, 0.1) is 26.1 Å². The topological polar surface area (TPSA) is 119 Å². The SMILES string of the molecule is CCCCCCCCCOC(CCC(=O)OCCCCCCCCC(CCCCCCCCOC(=O)CCC(OCCCCCCCCC)OCCCCCCCCC)OC(=O)CCCN(C)CC)OCCCCCCCCC. The molecule has 0 bridgehead atoms. The van der Waals surface area contributed by atoms with E-state index >= 15 is 0 Å². The van der Waals surface area contributed by atoms with Crippen LogP contribution in [0, 0.1) is 0 Å². The zero-order valence-electron chi connectivity index (χ0n) is 53.4. The van der Waals surface area contributed by atoms with E-state index in [1.165, 1.54) is 154 Å². The van der Waals surface area contributed by atoms with Crippen LogP contribution in [0.15, 0.2) is 0 Å². The Kier molecular flexibility index (Phi) is 62.3. The van der Waals surface area contributed by atoms with Crippen molar-refractivity contribution in [2.75, 3.05) is 59.8 Å². The molecular weight excluding hydrogens is 991 g/mol. The molecule has 0 fully saturated rings. The van der Waals surface area contributed by atoms with Crippen LogP contribution in [0.5, 0.6) is 0 Å². The molecule has 0 aromatic carbocycles. The van der Waals surface area contributed by atoms with Crippen LogP contribution < -0.4 is 0 Å². The van der Waals surface area contributed by atoms with Crippen molar-refractivity contribution < 1.29 is 47.5 Å². The second-order valence-electron chi connectivity index (χ2n) is 23.3. The molecule has 0 radical (unpaired) electrons. The van der Waals surface area contributed by atoms with Crippen LogP contribution in [0.2, 0.25) is 0 Å². The maximum Gasteiger partial charge on any atom is 0.306 e. The summed E-state index contributed by atoms with van der Waals surface area (Å²) >= 11 is 0. The maximum absolute atomic E-state index is 12.9. The molecular formula is C68H133NO10. The van der Waals surface area contributed by atoms with Gasteiger partial charge in [0, 0.05) is 45.7 Å². The minimum atomic E-state index is -0.338. The molecule has 0 aromatic rings. The Morgan fingerprint density at radius 2 is 0.582 bits per heavy atom. The average Bonchev–Trinajstić information content (AvgIpc) is 3.44. The Morgan fingerprint density at radius 1 is 0.304 bits per heavy atom. The molecule has 0 aliphatic rings. The van der Waals surface area contributed by atoms with Crippen molar-refractivity contribution in [3.8, 4) is 0 Å². The quantitative estimate of drug-likeness (QED) is 0.0251. The summed E-state index contributed by atoms with van der Waals surface area (Å²) < 4.78 is 42.0. The smallest absolute Gasteiger partial charge is 0.306 e. The summed E-state index contributed by atoms with van der Waals surface area (Å²) in [7, 11) is 2.09. The van der Waals surface area contributed by atoms with Crippen LogP contribution in [0.25, 0.3) is 0 Å². The van der Waals surface area contributed by atoms with Crippen molar-refractivity contribution in [2.24, 2.45) is 0 Å². The van der Waals surface area contributed by atoms with Crippen LogP contribution in [-0.4, -0.2) is 101 Å². The predicted octanol–water partition coefficient (Wildman–Crippen LogP) is 19.5. The second-order valence-corrected chi connectivity index (χ2v) is 23.3. The summed E-state index contributed by atoms with van der Waals surface area (Å²) in [5.41, 5.74) is 0. The molecule has 0 rings (SSSR count).